The Morgan fingerprint density at radius 2 is 1.42 bits per heavy atom. The molecule has 2 amide bonds. The van der Waals surface area contributed by atoms with Crippen molar-refractivity contribution >= 4 is 44.4 Å². The summed E-state index contributed by atoms with van der Waals surface area (Å²) in [6.45, 7) is 5.50. The van der Waals surface area contributed by atoms with Crippen LogP contribution in [0.4, 0.5) is 4.79 Å². The molecule has 4 atom stereocenters. The van der Waals surface area contributed by atoms with Gasteiger partial charge in [0.05, 0.1) is 17.5 Å². The van der Waals surface area contributed by atoms with Crippen molar-refractivity contribution in [3.8, 4) is 11.5 Å². The molecule has 1 saturated carbocycles. The molecule has 10 nitrogen and oxygen atoms in total. The van der Waals surface area contributed by atoms with E-state index in [1.54, 1.807) is 42.5 Å². The van der Waals surface area contributed by atoms with Crippen LogP contribution in [0.2, 0.25) is 5.02 Å². The fourth-order valence-corrected chi connectivity index (χ4v) is 9.91. The van der Waals surface area contributed by atoms with E-state index in [4.69, 9.17) is 25.8 Å². The summed E-state index contributed by atoms with van der Waals surface area (Å²) >= 11 is 6.09. The maximum Gasteiger partial charge on any atom is 0.407 e. The molecule has 0 spiro atoms. The Hall–Kier alpha value is -3.54. The summed E-state index contributed by atoms with van der Waals surface area (Å²) in [5.74, 6) is 1.13. The largest absolute Gasteiger partial charge is 0.490 e. The van der Waals surface area contributed by atoms with Crippen LogP contribution in [0.1, 0.15) is 78.6 Å². The molecule has 12 heteroatoms. The monoisotopic (exact) mass is 723 g/mol. The average molecular weight is 724 g/mol. The molecule has 3 aliphatic heterocycles. The van der Waals surface area contributed by atoms with Crippen molar-refractivity contribution < 1.29 is 32.2 Å². The van der Waals surface area contributed by atoms with Gasteiger partial charge in [-0.25, -0.2) is 13.2 Å². The van der Waals surface area contributed by atoms with Crippen molar-refractivity contribution in [3.05, 3.63) is 65.7 Å². The van der Waals surface area contributed by atoms with Crippen LogP contribution in [-0.2, 0) is 19.6 Å². The third kappa shape index (κ3) is 7.55. The molecule has 1 N–H and O–H groups in total. The second kappa shape index (κ2) is 13.9. The van der Waals surface area contributed by atoms with Crippen LogP contribution in [0.5, 0.6) is 11.5 Å². The van der Waals surface area contributed by atoms with Gasteiger partial charge in [-0.2, -0.15) is 4.31 Å². The number of nitrogens with one attached hydrogen (secondary N) is 1. The highest BCUT2D eigenvalue weighted by atomic mass is 35.5. The predicted molar refractivity (Wildman–Crippen MR) is 191 cm³/mol. The summed E-state index contributed by atoms with van der Waals surface area (Å²) in [7, 11) is -4.10. The Morgan fingerprint density at radius 1 is 0.800 bits per heavy atom. The van der Waals surface area contributed by atoms with E-state index in [0.717, 1.165) is 42.2 Å². The molecule has 4 aliphatic rings. The smallest absolute Gasteiger partial charge is 0.407 e. The van der Waals surface area contributed by atoms with Crippen molar-refractivity contribution in [1.29, 1.82) is 0 Å². The molecule has 0 aromatic heterocycles. The van der Waals surface area contributed by atoms with Gasteiger partial charge in [0.1, 0.15) is 29.2 Å². The van der Waals surface area contributed by atoms with Crippen LogP contribution < -0.4 is 14.8 Å². The maximum atomic E-state index is 14.5. The van der Waals surface area contributed by atoms with E-state index in [0.29, 0.717) is 23.6 Å². The van der Waals surface area contributed by atoms with E-state index in [1.807, 2.05) is 43.9 Å². The number of alkyl carbamates (subject to hydrolysis) is 1. The molecule has 50 heavy (non-hydrogen) atoms. The molecule has 3 saturated heterocycles. The van der Waals surface area contributed by atoms with Crippen LogP contribution in [0, 0.1) is 0 Å². The first kappa shape index (κ1) is 34.9. The molecule has 3 aromatic carbocycles. The highest BCUT2D eigenvalue weighted by molar-refractivity contribution is 7.89. The average Bonchev–Trinajstić information content (AvgIpc) is 3.79. The molecule has 1 aliphatic carbocycles. The number of halogens is 1. The van der Waals surface area contributed by atoms with Crippen LogP contribution in [0.25, 0.3) is 10.8 Å². The second-order valence-electron chi connectivity index (χ2n) is 15.2. The number of rotatable bonds is 8. The van der Waals surface area contributed by atoms with Gasteiger partial charge in [0.15, 0.2) is 0 Å². The summed E-state index contributed by atoms with van der Waals surface area (Å²) in [6, 6.07) is 16.5. The minimum Gasteiger partial charge on any atom is -0.490 e. The first-order valence-corrected chi connectivity index (χ1v) is 19.6. The van der Waals surface area contributed by atoms with Gasteiger partial charge in [-0.1, -0.05) is 23.7 Å². The summed E-state index contributed by atoms with van der Waals surface area (Å²) < 4.78 is 48.2. The van der Waals surface area contributed by atoms with E-state index >= 15 is 0 Å². The van der Waals surface area contributed by atoms with E-state index in [2.05, 4.69) is 5.32 Å². The lowest BCUT2D eigenvalue weighted by molar-refractivity contribution is -0.139. The first-order chi connectivity index (χ1) is 23.8. The van der Waals surface area contributed by atoms with Gasteiger partial charge < -0.3 is 24.4 Å². The SMILES string of the molecule is CC(C)(C)OC(=O)NC1CC2CCC(C1)N2C(=O)[C@@H]1C[C@@H](Oc2ccc(Cl)cc2)CN1S(=O)(=O)c1ccc2cc(OC3CCCC3)ccc2c1. The minimum atomic E-state index is -4.10. The normalized spacial score (nSPS) is 25.9. The van der Waals surface area contributed by atoms with Crippen molar-refractivity contribution in [3.63, 3.8) is 0 Å². The summed E-state index contributed by atoms with van der Waals surface area (Å²) in [5.41, 5.74) is -0.612. The summed E-state index contributed by atoms with van der Waals surface area (Å²) in [4.78, 5) is 29.1. The Labute approximate surface area is 299 Å². The zero-order chi connectivity index (χ0) is 35.2. The van der Waals surface area contributed by atoms with Crippen LogP contribution in [0.3, 0.4) is 0 Å². The molecular weight excluding hydrogens is 678 g/mol. The second-order valence-corrected chi connectivity index (χ2v) is 17.5. The van der Waals surface area contributed by atoms with Gasteiger partial charge in [0.2, 0.25) is 15.9 Å². The van der Waals surface area contributed by atoms with Gasteiger partial charge in [0, 0.05) is 29.6 Å². The minimum absolute atomic E-state index is 0.0273. The van der Waals surface area contributed by atoms with Crippen molar-refractivity contribution in [1.82, 2.24) is 14.5 Å². The number of hydrogen-bond acceptors (Lipinski definition) is 7. The number of nitrogens with zero attached hydrogens (tertiary/aromatic N) is 2. The van der Waals surface area contributed by atoms with Crippen LogP contribution in [0.15, 0.2) is 65.6 Å². The third-order valence-electron chi connectivity index (χ3n) is 10.3. The fourth-order valence-electron chi connectivity index (χ4n) is 8.12. The zero-order valence-corrected chi connectivity index (χ0v) is 30.4. The Kier molecular flexibility index (Phi) is 9.69. The Balaban J connectivity index is 1.12. The van der Waals surface area contributed by atoms with Crippen LogP contribution in [-0.4, -0.2) is 78.1 Å². The maximum absolute atomic E-state index is 14.5. The number of hydrogen-bond donors (Lipinski definition) is 1. The number of carbonyl (C=O) groups excluding carboxylic acids is 2. The van der Waals surface area contributed by atoms with E-state index in [9.17, 15) is 18.0 Å². The number of amides is 2. The molecule has 2 unspecified atom stereocenters. The topological polar surface area (TPSA) is 114 Å². The number of benzene rings is 3. The van der Waals surface area contributed by atoms with Gasteiger partial charge in [-0.3, -0.25) is 4.79 Å². The molecule has 268 valence electrons. The fraction of sp³-hybridized carbons (Fsp3) is 0.526. The van der Waals surface area contributed by atoms with Crippen molar-refractivity contribution in [2.24, 2.45) is 0 Å². The molecular formula is C38H46ClN3O7S. The molecule has 4 fully saturated rings. The van der Waals surface area contributed by atoms with E-state index in [-0.39, 0.29) is 48.0 Å². The van der Waals surface area contributed by atoms with Gasteiger partial charge >= 0.3 is 6.09 Å². The predicted octanol–water partition coefficient (Wildman–Crippen LogP) is 7.07. The highest BCUT2D eigenvalue weighted by Crippen LogP contribution is 2.40. The molecule has 7 rings (SSSR count). The Bertz CT molecular complexity index is 1830. The Morgan fingerprint density at radius 3 is 2.10 bits per heavy atom. The lowest BCUT2D eigenvalue weighted by Crippen LogP contribution is -2.57. The van der Waals surface area contributed by atoms with Crippen molar-refractivity contribution in [2.75, 3.05) is 6.54 Å². The highest BCUT2D eigenvalue weighted by Gasteiger charge is 2.51. The van der Waals surface area contributed by atoms with Crippen molar-refractivity contribution in [2.45, 2.75) is 125 Å². The number of fused-ring (bicyclic) bond motifs is 3. The number of piperidine rings is 1. The molecule has 3 heterocycles. The third-order valence-corrected chi connectivity index (χ3v) is 12.4. The molecule has 0 radical (unpaired) electrons. The van der Waals surface area contributed by atoms with E-state index in [1.165, 1.54) is 17.1 Å². The summed E-state index contributed by atoms with van der Waals surface area (Å²) in [5, 5.41) is 5.22. The quantitative estimate of drug-likeness (QED) is 0.265. The standard InChI is InChI=1S/C38H46ClN3O7S/c1-38(2,3)49-37(44)40-27-20-28-12-13-29(21-27)42(28)36(43)35-22-33(48-31-15-10-26(39)11-16-31)23-41(35)50(45,46)34-17-9-24-18-32(14-8-25(24)19-34)47-30-6-4-5-7-30/h8-11,14-19,27-30,33,35H,4-7,12-13,20-23H2,1-3H3,(H,40,44)/t27?,28?,29?,33-,35+/m1/s1. The van der Waals surface area contributed by atoms with Crippen LogP contribution >= 0.6 is 11.6 Å². The number of carbonyl (C=O) groups is 2. The van der Waals surface area contributed by atoms with E-state index < -0.39 is 33.9 Å². The lowest BCUT2D eigenvalue weighted by atomic mass is 9.96. The molecule has 3 aromatic rings. The summed E-state index contributed by atoms with van der Waals surface area (Å²) in [6.07, 6.45) is 6.65. The van der Waals surface area contributed by atoms with Gasteiger partial charge in [0.25, 0.3) is 0 Å². The lowest BCUT2D eigenvalue weighted by Gasteiger charge is -2.41. The first-order valence-electron chi connectivity index (χ1n) is 17.8. The van der Waals surface area contributed by atoms with Gasteiger partial charge in [-0.15, -0.1) is 0 Å². The number of ether oxygens (including phenoxy) is 3. The van der Waals surface area contributed by atoms with Gasteiger partial charge in [-0.05, 0) is 131 Å². The molecule has 2 bridgehead atoms. The number of sulfonamides is 1. The zero-order valence-electron chi connectivity index (χ0n) is 28.8.